The monoisotopic (exact) mass is 234 g/mol. The number of hydrogen-bond acceptors (Lipinski definition) is 4. The molecule has 1 unspecified atom stereocenters. The first-order valence-electron chi connectivity index (χ1n) is 5.80. The molecule has 2 rings (SSSR count). The molecule has 2 N–H and O–H groups in total. The molecular formula is C12H18N4O. The van der Waals surface area contributed by atoms with E-state index in [9.17, 15) is 5.11 Å². The van der Waals surface area contributed by atoms with Crippen LogP contribution in [0.15, 0.2) is 18.3 Å². The number of nitrogens with zero attached hydrogens (tertiary/aromatic N) is 3. The second-order valence-corrected chi connectivity index (χ2v) is 4.60. The molecule has 0 bridgehead atoms. The third-order valence-corrected chi connectivity index (χ3v) is 2.95. The van der Waals surface area contributed by atoms with Crippen molar-refractivity contribution >= 4 is 11.6 Å². The lowest BCUT2D eigenvalue weighted by atomic mass is 10.0. The van der Waals surface area contributed by atoms with Crippen LogP contribution >= 0.6 is 0 Å². The van der Waals surface area contributed by atoms with E-state index in [2.05, 4.69) is 15.4 Å². The van der Waals surface area contributed by atoms with E-state index in [1.165, 1.54) is 0 Å². The predicted molar refractivity (Wildman–Crippen MR) is 67.1 cm³/mol. The van der Waals surface area contributed by atoms with Crippen LogP contribution in [0.1, 0.15) is 25.8 Å². The molecule has 92 valence electrons. The average molecular weight is 234 g/mol. The number of aromatic nitrogens is 3. The van der Waals surface area contributed by atoms with Gasteiger partial charge in [0.25, 0.3) is 0 Å². The largest absolute Gasteiger partial charge is 0.388 e. The first kappa shape index (κ1) is 11.9. The summed E-state index contributed by atoms with van der Waals surface area (Å²) in [5, 5.41) is 17.2. The Hall–Kier alpha value is -1.62. The third-order valence-electron chi connectivity index (χ3n) is 2.95. The number of pyridine rings is 1. The highest BCUT2D eigenvalue weighted by molar-refractivity contribution is 5.49. The number of hydrogen-bond donors (Lipinski definition) is 2. The summed E-state index contributed by atoms with van der Waals surface area (Å²) in [6, 6.07) is 3.93. The maximum Gasteiger partial charge on any atom is 0.243 e. The van der Waals surface area contributed by atoms with E-state index in [0.717, 1.165) is 11.2 Å². The van der Waals surface area contributed by atoms with Crippen molar-refractivity contribution in [2.75, 3.05) is 11.9 Å². The zero-order valence-electron chi connectivity index (χ0n) is 10.4. The second-order valence-electron chi connectivity index (χ2n) is 4.60. The van der Waals surface area contributed by atoms with Crippen LogP contribution in [0.2, 0.25) is 0 Å². The van der Waals surface area contributed by atoms with Crippen molar-refractivity contribution in [3.05, 3.63) is 23.9 Å². The van der Waals surface area contributed by atoms with Gasteiger partial charge in [0, 0.05) is 12.7 Å². The van der Waals surface area contributed by atoms with Gasteiger partial charge in [0.05, 0.1) is 5.60 Å². The van der Waals surface area contributed by atoms with Crippen molar-refractivity contribution in [2.24, 2.45) is 0 Å². The highest BCUT2D eigenvalue weighted by atomic mass is 16.3. The van der Waals surface area contributed by atoms with Crippen molar-refractivity contribution < 1.29 is 5.11 Å². The molecule has 0 saturated heterocycles. The molecule has 0 aliphatic heterocycles. The minimum Gasteiger partial charge on any atom is -0.388 e. The maximum absolute atomic E-state index is 9.89. The van der Waals surface area contributed by atoms with Crippen molar-refractivity contribution in [2.45, 2.75) is 32.8 Å². The van der Waals surface area contributed by atoms with Crippen LogP contribution < -0.4 is 5.32 Å². The molecule has 2 heterocycles. The zero-order valence-corrected chi connectivity index (χ0v) is 10.4. The number of fused-ring (bicyclic) bond motifs is 1. The van der Waals surface area contributed by atoms with Gasteiger partial charge in [0.2, 0.25) is 5.95 Å². The minimum atomic E-state index is -0.730. The Labute approximate surface area is 100 Å². The van der Waals surface area contributed by atoms with Gasteiger partial charge in [0.1, 0.15) is 0 Å². The van der Waals surface area contributed by atoms with E-state index in [1.807, 2.05) is 32.2 Å². The quantitative estimate of drug-likeness (QED) is 0.843. The molecule has 0 saturated carbocycles. The molecular weight excluding hydrogens is 216 g/mol. The number of aliphatic hydroxyl groups is 1. The molecule has 5 nitrogen and oxygen atoms in total. The number of nitrogens with one attached hydrogen (secondary N) is 1. The summed E-state index contributed by atoms with van der Waals surface area (Å²) >= 11 is 0. The fourth-order valence-corrected chi connectivity index (χ4v) is 1.51. The average Bonchev–Trinajstić information content (AvgIpc) is 2.71. The maximum atomic E-state index is 9.89. The molecule has 17 heavy (non-hydrogen) atoms. The topological polar surface area (TPSA) is 62.5 Å². The lowest BCUT2D eigenvalue weighted by Crippen LogP contribution is -2.32. The Bertz CT molecular complexity index is 518. The normalized spacial score (nSPS) is 14.8. The Kier molecular flexibility index (Phi) is 3.02. The molecule has 0 radical (unpaired) electrons. The standard InChI is InChI=1S/C12H18N4O/c1-4-12(3,17)8-13-11-14-10-9(2)6-5-7-16(10)15-11/h5-7,17H,4,8H2,1-3H3,(H,13,15). The Morgan fingerprint density at radius 3 is 2.94 bits per heavy atom. The Balaban J connectivity index is 2.18. The Morgan fingerprint density at radius 2 is 2.29 bits per heavy atom. The molecule has 0 spiro atoms. The van der Waals surface area contributed by atoms with E-state index in [-0.39, 0.29) is 0 Å². The molecule has 0 aliphatic carbocycles. The minimum absolute atomic E-state index is 0.444. The van der Waals surface area contributed by atoms with Crippen LogP contribution in [0.25, 0.3) is 5.65 Å². The van der Waals surface area contributed by atoms with Crippen LogP contribution in [-0.4, -0.2) is 31.9 Å². The van der Waals surface area contributed by atoms with Gasteiger partial charge in [-0.15, -0.1) is 5.10 Å². The summed E-state index contributed by atoms with van der Waals surface area (Å²) < 4.78 is 1.73. The van der Waals surface area contributed by atoms with Crippen LogP contribution in [0, 0.1) is 6.92 Å². The van der Waals surface area contributed by atoms with Crippen LogP contribution in [-0.2, 0) is 0 Å². The van der Waals surface area contributed by atoms with E-state index >= 15 is 0 Å². The van der Waals surface area contributed by atoms with Crippen molar-refractivity contribution in [1.82, 2.24) is 14.6 Å². The van der Waals surface area contributed by atoms with Gasteiger partial charge >= 0.3 is 0 Å². The first-order chi connectivity index (χ1) is 8.02. The second kappa shape index (κ2) is 4.33. The van der Waals surface area contributed by atoms with E-state index in [1.54, 1.807) is 11.4 Å². The fourth-order valence-electron chi connectivity index (χ4n) is 1.51. The highest BCUT2D eigenvalue weighted by Gasteiger charge is 2.17. The zero-order chi connectivity index (χ0) is 12.5. The first-order valence-corrected chi connectivity index (χ1v) is 5.80. The van der Waals surface area contributed by atoms with Gasteiger partial charge in [0.15, 0.2) is 5.65 Å². The summed E-state index contributed by atoms with van der Waals surface area (Å²) in [4.78, 5) is 4.38. The summed E-state index contributed by atoms with van der Waals surface area (Å²) in [5.74, 6) is 0.549. The molecule has 2 aromatic rings. The third kappa shape index (κ3) is 2.55. The lowest BCUT2D eigenvalue weighted by molar-refractivity contribution is 0.0696. The molecule has 0 fully saturated rings. The fraction of sp³-hybridized carbons (Fsp3) is 0.500. The number of rotatable bonds is 4. The van der Waals surface area contributed by atoms with Gasteiger partial charge in [-0.3, -0.25) is 0 Å². The molecule has 0 amide bonds. The van der Waals surface area contributed by atoms with Crippen molar-refractivity contribution in [3.8, 4) is 0 Å². The van der Waals surface area contributed by atoms with Gasteiger partial charge in [-0.1, -0.05) is 13.0 Å². The summed E-state index contributed by atoms with van der Waals surface area (Å²) in [5.41, 5.74) is 1.19. The van der Waals surface area contributed by atoms with Crippen LogP contribution in [0.4, 0.5) is 5.95 Å². The van der Waals surface area contributed by atoms with Crippen molar-refractivity contribution in [3.63, 3.8) is 0 Å². The van der Waals surface area contributed by atoms with Gasteiger partial charge in [-0.05, 0) is 31.9 Å². The summed E-state index contributed by atoms with van der Waals surface area (Å²) in [6.45, 7) is 6.18. The van der Waals surface area contributed by atoms with Crippen molar-refractivity contribution in [1.29, 1.82) is 0 Å². The van der Waals surface area contributed by atoms with Crippen LogP contribution in [0.3, 0.4) is 0 Å². The highest BCUT2D eigenvalue weighted by Crippen LogP contribution is 2.12. The van der Waals surface area contributed by atoms with E-state index in [0.29, 0.717) is 18.9 Å². The number of anilines is 1. The van der Waals surface area contributed by atoms with E-state index < -0.39 is 5.60 Å². The molecule has 0 aliphatic rings. The molecule has 5 heteroatoms. The number of aryl methyl sites for hydroxylation is 1. The summed E-state index contributed by atoms with van der Waals surface area (Å²) in [7, 11) is 0. The van der Waals surface area contributed by atoms with Crippen LogP contribution in [0.5, 0.6) is 0 Å². The van der Waals surface area contributed by atoms with Gasteiger partial charge in [-0.25, -0.2) is 4.52 Å². The van der Waals surface area contributed by atoms with Gasteiger partial charge in [-0.2, -0.15) is 4.98 Å². The lowest BCUT2D eigenvalue weighted by Gasteiger charge is -2.20. The Morgan fingerprint density at radius 1 is 1.53 bits per heavy atom. The molecule has 0 aromatic carbocycles. The SMILES string of the molecule is CCC(C)(O)CNc1nc2c(C)cccn2n1. The molecule has 2 aromatic heterocycles. The smallest absolute Gasteiger partial charge is 0.243 e. The summed E-state index contributed by atoms with van der Waals surface area (Å²) in [6.07, 6.45) is 2.55. The van der Waals surface area contributed by atoms with E-state index in [4.69, 9.17) is 0 Å². The predicted octanol–water partition coefficient (Wildman–Crippen LogP) is 1.61. The van der Waals surface area contributed by atoms with Gasteiger partial charge < -0.3 is 10.4 Å². The molecule has 1 atom stereocenters.